The lowest BCUT2D eigenvalue weighted by Gasteiger charge is -2.23. The number of hydrogen-bond donors (Lipinski definition) is 0. The van der Waals surface area contributed by atoms with E-state index in [9.17, 15) is 5.26 Å². The van der Waals surface area contributed by atoms with Crippen LogP contribution in [0.3, 0.4) is 0 Å². The second kappa shape index (κ2) is 7.79. The molecule has 0 radical (unpaired) electrons. The van der Waals surface area contributed by atoms with Crippen molar-refractivity contribution in [2.24, 2.45) is 0 Å². The fraction of sp³-hybridized carbons (Fsp3) is 0.625. The SMILES string of the molecule is CCc1c(C)nc(SCCC2OCCCO2)c(C#N)c1C. The first-order valence-electron chi connectivity index (χ1n) is 7.43. The molecule has 0 aromatic carbocycles. The molecule has 1 fully saturated rings. The van der Waals surface area contributed by atoms with E-state index in [1.807, 2.05) is 13.8 Å². The van der Waals surface area contributed by atoms with Gasteiger partial charge in [-0.25, -0.2) is 4.98 Å². The maximum absolute atomic E-state index is 9.41. The maximum atomic E-state index is 9.41. The summed E-state index contributed by atoms with van der Waals surface area (Å²) >= 11 is 1.62. The number of ether oxygens (including phenoxy) is 2. The Kier molecular flexibility index (Phi) is 6.04. The quantitative estimate of drug-likeness (QED) is 0.781. The molecule has 0 amide bonds. The van der Waals surface area contributed by atoms with Gasteiger partial charge in [0.25, 0.3) is 0 Å². The fourth-order valence-electron chi connectivity index (χ4n) is 2.57. The molecule has 0 bridgehead atoms. The van der Waals surface area contributed by atoms with Gasteiger partial charge in [0.15, 0.2) is 6.29 Å². The smallest absolute Gasteiger partial charge is 0.158 e. The van der Waals surface area contributed by atoms with Crippen molar-refractivity contribution in [1.82, 2.24) is 4.98 Å². The largest absolute Gasteiger partial charge is 0.353 e. The van der Waals surface area contributed by atoms with Crippen LogP contribution < -0.4 is 0 Å². The van der Waals surface area contributed by atoms with Crippen LogP contribution in [0.25, 0.3) is 0 Å². The molecule has 1 aliphatic rings. The van der Waals surface area contributed by atoms with Crippen molar-refractivity contribution in [2.75, 3.05) is 19.0 Å². The van der Waals surface area contributed by atoms with Crippen molar-refractivity contribution in [3.05, 3.63) is 22.4 Å². The Bertz CT molecular complexity index is 534. The van der Waals surface area contributed by atoms with E-state index in [4.69, 9.17) is 9.47 Å². The Morgan fingerprint density at radius 1 is 1.33 bits per heavy atom. The lowest BCUT2D eigenvalue weighted by Crippen LogP contribution is -2.25. The van der Waals surface area contributed by atoms with E-state index < -0.39 is 0 Å². The Hall–Kier alpha value is -1.09. The lowest BCUT2D eigenvalue weighted by atomic mass is 10.0. The Morgan fingerprint density at radius 3 is 2.67 bits per heavy atom. The number of hydrogen-bond acceptors (Lipinski definition) is 5. The molecule has 1 aromatic heterocycles. The Morgan fingerprint density at radius 2 is 2.05 bits per heavy atom. The number of nitrogens with zero attached hydrogens (tertiary/aromatic N) is 2. The average molecular weight is 306 g/mol. The monoisotopic (exact) mass is 306 g/mol. The van der Waals surface area contributed by atoms with Crippen LogP contribution >= 0.6 is 11.8 Å². The number of aryl methyl sites for hydroxylation is 1. The Labute approximate surface area is 130 Å². The lowest BCUT2D eigenvalue weighted by molar-refractivity contribution is -0.178. The summed E-state index contributed by atoms with van der Waals surface area (Å²) in [6, 6.07) is 2.31. The number of nitriles is 1. The third-order valence-corrected chi connectivity index (χ3v) is 4.71. The van der Waals surface area contributed by atoms with Crippen molar-refractivity contribution in [3.63, 3.8) is 0 Å². The summed E-state index contributed by atoms with van der Waals surface area (Å²) < 4.78 is 11.1. The van der Waals surface area contributed by atoms with Crippen LogP contribution in [0.4, 0.5) is 0 Å². The molecule has 0 N–H and O–H groups in total. The van der Waals surface area contributed by atoms with Crippen LogP contribution in [0.15, 0.2) is 5.03 Å². The van der Waals surface area contributed by atoms with E-state index in [1.54, 1.807) is 11.8 Å². The first-order valence-corrected chi connectivity index (χ1v) is 8.42. The van der Waals surface area contributed by atoms with Gasteiger partial charge in [-0.05, 0) is 37.8 Å². The molecule has 0 spiro atoms. The van der Waals surface area contributed by atoms with E-state index in [0.717, 1.165) is 54.5 Å². The van der Waals surface area contributed by atoms with Gasteiger partial charge in [0.05, 0.1) is 18.8 Å². The topological polar surface area (TPSA) is 55.1 Å². The Balaban J connectivity index is 2.04. The highest BCUT2D eigenvalue weighted by molar-refractivity contribution is 7.99. The van der Waals surface area contributed by atoms with Gasteiger partial charge < -0.3 is 9.47 Å². The number of thioether (sulfide) groups is 1. The van der Waals surface area contributed by atoms with Crippen molar-refractivity contribution >= 4 is 11.8 Å². The summed E-state index contributed by atoms with van der Waals surface area (Å²) in [5, 5.41) is 10.2. The highest BCUT2D eigenvalue weighted by Crippen LogP contribution is 2.28. The van der Waals surface area contributed by atoms with Crippen molar-refractivity contribution in [1.29, 1.82) is 5.26 Å². The minimum absolute atomic E-state index is 0.103. The first kappa shape index (κ1) is 16.3. The second-order valence-corrected chi connectivity index (χ2v) is 6.19. The molecule has 5 heteroatoms. The van der Waals surface area contributed by atoms with Crippen LogP contribution in [0.2, 0.25) is 0 Å². The molecular formula is C16H22N2O2S. The minimum atomic E-state index is -0.103. The third kappa shape index (κ3) is 3.97. The third-order valence-electron chi connectivity index (χ3n) is 3.70. The van der Waals surface area contributed by atoms with Gasteiger partial charge in [-0.3, -0.25) is 0 Å². The van der Waals surface area contributed by atoms with Gasteiger partial charge in [-0.1, -0.05) is 6.92 Å². The summed E-state index contributed by atoms with van der Waals surface area (Å²) in [6.45, 7) is 7.69. The van der Waals surface area contributed by atoms with E-state index in [2.05, 4.69) is 18.0 Å². The number of aromatic nitrogens is 1. The average Bonchev–Trinajstić information content (AvgIpc) is 2.49. The summed E-state index contributed by atoms with van der Waals surface area (Å²) in [7, 11) is 0. The van der Waals surface area contributed by atoms with Crippen LogP contribution in [0, 0.1) is 25.2 Å². The molecule has 21 heavy (non-hydrogen) atoms. The molecule has 0 atom stereocenters. The molecule has 2 heterocycles. The first-order chi connectivity index (χ1) is 10.2. The summed E-state index contributed by atoms with van der Waals surface area (Å²) in [5.74, 6) is 0.844. The summed E-state index contributed by atoms with van der Waals surface area (Å²) in [6.07, 6.45) is 2.60. The molecule has 1 aliphatic heterocycles. The summed E-state index contributed by atoms with van der Waals surface area (Å²) in [5.41, 5.74) is 4.00. The van der Waals surface area contributed by atoms with E-state index >= 15 is 0 Å². The zero-order valence-electron chi connectivity index (χ0n) is 12.9. The number of pyridine rings is 1. The molecule has 1 aromatic rings. The number of rotatable bonds is 5. The maximum Gasteiger partial charge on any atom is 0.158 e. The highest BCUT2D eigenvalue weighted by atomic mass is 32.2. The van der Waals surface area contributed by atoms with Gasteiger partial charge in [-0.2, -0.15) is 5.26 Å². The standard InChI is InChI=1S/C16H22N2O2S/c1-4-13-11(2)14(10-17)16(18-12(13)3)21-9-6-15-19-7-5-8-20-15/h15H,4-9H2,1-3H3. The molecule has 0 unspecified atom stereocenters. The van der Waals surface area contributed by atoms with Gasteiger partial charge in [-0.15, -0.1) is 11.8 Å². The van der Waals surface area contributed by atoms with Crippen LogP contribution in [0.5, 0.6) is 0 Å². The zero-order chi connectivity index (χ0) is 15.2. The van der Waals surface area contributed by atoms with Gasteiger partial charge >= 0.3 is 0 Å². The molecule has 2 rings (SSSR count). The van der Waals surface area contributed by atoms with E-state index in [1.165, 1.54) is 5.56 Å². The minimum Gasteiger partial charge on any atom is -0.353 e. The van der Waals surface area contributed by atoms with Gasteiger partial charge in [0.2, 0.25) is 0 Å². The summed E-state index contributed by atoms with van der Waals surface area (Å²) in [4.78, 5) is 4.62. The highest BCUT2D eigenvalue weighted by Gasteiger charge is 2.17. The van der Waals surface area contributed by atoms with E-state index in [-0.39, 0.29) is 6.29 Å². The zero-order valence-corrected chi connectivity index (χ0v) is 13.8. The van der Waals surface area contributed by atoms with Gasteiger partial charge in [0, 0.05) is 17.9 Å². The normalized spacial score (nSPS) is 15.9. The van der Waals surface area contributed by atoms with Crippen molar-refractivity contribution in [2.45, 2.75) is 51.3 Å². The van der Waals surface area contributed by atoms with Crippen molar-refractivity contribution in [3.8, 4) is 6.07 Å². The predicted molar refractivity (Wildman–Crippen MR) is 83.5 cm³/mol. The molecule has 1 saturated heterocycles. The van der Waals surface area contributed by atoms with Crippen LogP contribution in [0.1, 0.15) is 42.1 Å². The molecule has 114 valence electrons. The molecule has 0 saturated carbocycles. The second-order valence-electron chi connectivity index (χ2n) is 5.11. The van der Waals surface area contributed by atoms with Crippen LogP contribution in [-0.2, 0) is 15.9 Å². The van der Waals surface area contributed by atoms with Gasteiger partial charge in [0.1, 0.15) is 11.1 Å². The van der Waals surface area contributed by atoms with Crippen LogP contribution in [-0.4, -0.2) is 30.2 Å². The predicted octanol–water partition coefficient (Wildman–Crippen LogP) is 3.38. The fourth-order valence-corrected chi connectivity index (χ4v) is 3.62. The molecule has 0 aliphatic carbocycles. The van der Waals surface area contributed by atoms with E-state index in [0.29, 0.717) is 5.56 Å². The molecular weight excluding hydrogens is 284 g/mol. The molecule has 4 nitrogen and oxygen atoms in total. The van der Waals surface area contributed by atoms with Crippen molar-refractivity contribution < 1.29 is 9.47 Å².